The van der Waals surface area contributed by atoms with E-state index in [4.69, 9.17) is 0 Å². The van der Waals surface area contributed by atoms with Crippen LogP contribution in [0.4, 0.5) is 18.9 Å². The number of carbonyl (C=O) groups is 2. The van der Waals surface area contributed by atoms with Crippen LogP contribution < -0.4 is 5.32 Å². The Morgan fingerprint density at radius 2 is 1.97 bits per heavy atom. The van der Waals surface area contributed by atoms with Gasteiger partial charge in [-0.25, -0.2) is 0 Å². The van der Waals surface area contributed by atoms with E-state index in [2.05, 4.69) is 20.7 Å². The smallest absolute Gasteiger partial charge is 0.326 e. The van der Waals surface area contributed by atoms with E-state index < -0.39 is 11.7 Å². The van der Waals surface area contributed by atoms with Crippen LogP contribution in [0.5, 0.6) is 0 Å². The van der Waals surface area contributed by atoms with Gasteiger partial charge in [0.25, 0.3) is 0 Å². The highest BCUT2D eigenvalue weighted by Crippen LogP contribution is 2.31. The van der Waals surface area contributed by atoms with Gasteiger partial charge in [0.1, 0.15) is 6.54 Å². The Morgan fingerprint density at radius 3 is 2.77 bits per heavy atom. The summed E-state index contributed by atoms with van der Waals surface area (Å²) in [5.74, 6) is -0.332. The van der Waals surface area contributed by atoms with Crippen LogP contribution in [0.15, 0.2) is 42.5 Å². The maximum Gasteiger partial charge on any atom is 0.416 e. The summed E-state index contributed by atoms with van der Waals surface area (Å²) in [4.78, 5) is 25.3. The molecule has 1 aromatic heterocycles. The number of nitrogens with zero attached hydrogens (tertiary/aromatic N) is 4. The van der Waals surface area contributed by atoms with Crippen LogP contribution in [0.2, 0.25) is 0 Å². The number of carbonyl (C=O) groups excluding carboxylic acids is 2. The zero-order valence-corrected chi connectivity index (χ0v) is 15.6. The molecule has 30 heavy (non-hydrogen) atoms. The van der Waals surface area contributed by atoms with E-state index >= 15 is 0 Å². The van der Waals surface area contributed by atoms with E-state index in [-0.39, 0.29) is 29.6 Å². The van der Waals surface area contributed by atoms with E-state index in [0.717, 1.165) is 22.5 Å². The van der Waals surface area contributed by atoms with Crippen LogP contribution in [0.1, 0.15) is 34.3 Å². The van der Waals surface area contributed by atoms with Gasteiger partial charge < -0.3 is 5.32 Å². The number of hydrogen-bond acceptors (Lipinski definition) is 5. The Labute approximate surface area is 168 Å². The largest absolute Gasteiger partial charge is 0.416 e. The molecule has 2 aromatic carbocycles. The van der Waals surface area contributed by atoms with Crippen molar-refractivity contribution in [2.45, 2.75) is 32.0 Å². The molecule has 0 bridgehead atoms. The SMILES string of the molecule is O=C1CCCc2cc(C(=O)Cn3nnc(-c4cccc(C(F)(F)F)c4)n3)ccc2N1. The third-order valence-electron chi connectivity index (χ3n) is 4.74. The predicted octanol–water partition coefficient (Wildman–Crippen LogP) is 3.52. The fourth-order valence-electron chi connectivity index (χ4n) is 3.23. The Bertz CT molecular complexity index is 1120. The summed E-state index contributed by atoms with van der Waals surface area (Å²) in [6.45, 7) is -0.211. The molecule has 0 saturated heterocycles. The van der Waals surface area contributed by atoms with Gasteiger partial charge in [0.05, 0.1) is 5.56 Å². The summed E-state index contributed by atoms with van der Waals surface area (Å²) in [6, 6.07) is 9.62. The maximum atomic E-state index is 12.9. The van der Waals surface area contributed by atoms with Gasteiger partial charge in [-0.2, -0.15) is 18.0 Å². The van der Waals surface area contributed by atoms with Crippen molar-refractivity contribution in [1.82, 2.24) is 20.2 Å². The molecule has 0 radical (unpaired) electrons. The second-order valence-corrected chi connectivity index (χ2v) is 6.92. The van der Waals surface area contributed by atoms with E-state index in [1.807, 2.05) is 0 Å². The van der Waals surface area contributed by atoms with Crippen LogP contribution in [-0.2, 0) is 23.9 Å². The molecular formula is C20H16F3N5O2. The van der Waals surface area contributed by atoms with Crippen molar-refractivity contribution < 1.29 is 22.8 Å². The highest BCUT2D eigenvalue weighted by atomic mass is 19.4. The highest BCUT2D eigenvalue weighted by molar-refractivity contribution is 5.98. The number of aromatic nitrogens is 4. The number of amides is 1. The lowest BCUT2D eigenvalue weighted by molar-refractivity contribution is -0.137. The Kier molecular flexibility index (Phi) is 5.06. The van der Waals surface area contributed by atoms with E-state index in [0.29, 0.717) is 30.5 Å². The standard InChI is InChI=1S/C20H16F3N5O2/c21-20(22,23)15-5-1-4-14(10-15)19-25-27-28(26-19)11-17(29)13-7-8-16-12(9-13)3-2-6-18(30)24-16/h1,4-5,7-10H,2-3,6,11H2,(H,24,30). The van der Waals surface area contributed by atoms with Gasteiger partial charge >= 0.3 is 6.18 Å². The third kappa shape index (κ3) is 4.22. The van der Waals surface area contributed by atoms with Gasteiger partial charge in [-0.3, -0.25) is 9.59 Å². The number of halogens is 3. The zero-order valence-electron chi connectivity index (χ0n) is 15.6. The van der Waals surface area contributed by atoms with Gasteiger partial charge in [-0.1, -0.05) is 12.1 Å². The molecule has 154 valence electrons. The molecule has 2 heterocycles. The molecule has 1 aliphatic heterocycles. The highest BCUT2D eigenvalue weighted by Gasteiger charge is 2.30. The minimum Gasteiger partial charge on any atom is -0.326 e. The number of nitrogens with one attached hydrogen (secondary N) is 1. The van der Waals surface area contributed by atoms with Crippen molar-refractivity contribution in [2.24, 2.45) is 0 Å². The number of hydrogen-bond donors (Lipinski definition) is 1. The van der Waals surface area contributed by atoms with Crippen LogP contribution in [0.25, 0.3) is 11.4 Å². The Balaban J connectivity index is 1.51. The second kappa shape index (κ2) is 7.69. The number of fused-ring (bicyclic) bond motifs is 1. The number of rotatable bonds is 4. The molecule has 0 fully saturated rings. The summed E-state index contributed by atoms with van der Waals surface area (Å²) in [5.41, 5.74) is 1.35. The zero-order chi connectivity index (χ0) is 21.3. The van der Waals surface area contributed by atoms with Crippen LogP contribution in [0, 0.1) is 0 Å². The van der Waals surface area contributed by atoms with E-state index in [1.54, 1.807) is 18.2 Å². The maximum absolute atomic E-state index is 12.9. The summed E-state index contributed by atoms with van der Waals surface area (Å²) < 4.78 is 38.7. The van der Waals surface area contributed by atoms with Gasteiger partial charge in [-0.15, -0.1) is 10.2 Å². The molecule has 0 saturated carbocycles. The average Bonchev–Trinajstić information content (AvgIpc) is 3.08. The van der Waals surface area contributed by atoms with Crippen molar-refractivity contribution in [2.75, 3.05) is 5.32 Å². The van der Waals surface area contributed by atoms with Crippen molar-refractivity contribution in [3.8, 4) is 11.4 Å². The summed E-state index contributed by atoms with van der Waals surface area (Å²) in [6.07, 6.45) is -2.68. The number of tetrazole rings is 1. The summed E-state index contributed by atoms with van der Waals surface area (Å²) in [5, 5.41) is 14.4. The first-order valence-electron chi connectivity index (χ1n) is 9.21. The third-order valence-corrected chi connectivity index (χ3v) is 4.74. The van der Waals surface area contributed by atoms with Crippen molar-refractivity contribution >= 4 is 17.4 Å². The summed E-state index contributed by atoms with van der Waals surface area (Å²) >= 11 is 0. The summed E-state index contributed by atoms with van der Waals surface area (Å²) in [7, 11) is 0. The topological polar surface area (TPSA) is 89.8 Å². The normalized spacial score (nSPS) is 14.0. The number of alkyl halides is 3. The van der Waals surface area contributed by atoms with Crippen LogP contribution in [-0.4, -0.2) is 31.9 Å². The van der Waals surface area contributed by atoms with Gasteiger partial charge in [0, 0.05) is 23.2 Å². The fourth-order valence-corrected chi connectivity index (χ4v) is 3.23. The fraction of sp³-hybridized carbons (Fsp3) is 0.250. The first kappa shape index (κ1) is 19.7. The number of aryl methyl sites for hydroxylation is 1. The van der Waals surface area contributed by atoms with Crippen LogP contribution >= 0.6 is 0 Å². The quantitative estimate of drug-likeness (QED) is 0.659. The molecule has 1 aliphatic rings. The molecule has 0 spiro atoms. The molecule has 0 aliphatic carbocycles. The molecule has 1 N–H and O–H groups in total. The first-order chi connectivity index (χ1) is 14.3. The van der Waals surface area contributed by atoms with E-state index in [9.17, 15) is 22.8 Å². The van der Waals surface area contributed by atoms with E-state index in [1.165, 1.54) is 12.1 Å². The lowest BCUT2D eigenvalue weighted by Gasteiger charge is -2.08. The molecule has 3 aromatic rings. The predicted molar refractivity (Wildman–Crippen MR) is 101 cm³/mol. The van der Waals surface area contributed by atoms with Crippen LogP contribution in [0.3, 0.4) is 0 Å². The van der Waals surface area contributed by atoms with Crippen molar-refractivity contribution in [3.63, 3.8) is 0 Å². The van der Waals surface area contributed by atoms with Gasteiger partial charge in [0.2, 0.25) is 11.7 Å². The molecular weight excluding hydrogens is 399 g/mol. The second-order valence-electron chi connectivity index (χ2n) is 6.92. The molecule has 0 unspecified atom stereocenters. The lowest BCUT2D eigenvalue weighted by Crippen LogP contribution is -2.14. The molecule has 10 heteroatoms. The minimum absolute atomic E-state index is 0.00135. The monoisotopic (exact) mass is 415 g/mol. The number of Topliss-reactive ketones (excluding diaryl/α,β-unsaturated/α-hetero) is 1. The molecule has 7 nitrogen and oxygen atoms in total. The van der Waals surface area contributed by atoms with Gasteiger partial charge in [0.15, 0.2) is 5.78 Å². The molecule has 1 amide bonds. The van der Waals surface area contributed by atoms with Crippen molar-refractivity contribution in [3.05, 3.63) is 59.2 Å². The lowest BCUT2D eigenvalue weighted by atomic mass is 10.0. The number of benzene rings is 2. The average molecular weight is 415 g/mol. The first-order valence-corrected chi connectivity index (χ1v) is 9.21. The number of anilines is 1. The molecule has 4 rings (SSSR count). The van der Waals surface area contributed by atoms with Gasteiger partial charge in [-0.05, 0) is 54.0 Å². The molecule has 0 atom stereocenters. The minimum atomic E-state index is -4.48. The Hall–Kier alpha value is -3.56. The Morgan fingerprint density at radius 1 is 1.13 bits per heavy atom. The number of ketones is 1. The van der Waals surface area contributed by atoms with Crippen molar-refractivity contribution in [1.29, 1.82) is 0 Å².